The summed E-state index contributed by atoms with van der Waals surface area (Å²) in [6.07, 6.45) is 0.662. The standard InChI is InChI=1S/C11H19BrN2O2/c1-4-8-10(15)13-5-6-14(8)11(16)9(12)7(2)3/h7-9H,4-6H2,1-3H3,(H,13,15). The highest BCUT2D eigenvalue weighted by molar-refractivity contribution is 9.10. The predicted molar refractivity (Wildman–Crippen MR) is 66.4 cm³/mol. The molecule has 0 spiro atoms. The van der Waals surface area contributed by atoms with Gasteiger partial charge in [-0.1, -0.05) is 36.7 Å². The number of halogens is 1. The monoisotopic (exact) mass is 290 g/mol. The van der Waals surface area contributed by atoms with E-state index in [1.54, 1.807) is 4.90 Å². The molecule has 0 aromatic heterocycles. The Balaban J connectivity index is 2.76. The van der Waals surface area contributed by atoms with Crippen LogP contribution < -0.4 is 5.32 Å². The van der Waals surface area contributed by atoms with E-state index in [2.05, 4.69) is 21.2 Å². The number of nitrogens with one attached hydrogen (secondary N) is 1. The molecule has 4 nitrogen and oxygen atoms in total. The molecular formula is C11H19BrN2O2. The lowest BCUT2D eigenvalue weighted by Crippen LogP contribution is -2.58. The molecule has 1 aliphatic heterocycles. The van der Waals surface area contributed by atoms with Crippen molar-refractivity contribution in [3.05, 3.63) is 0 Å². The molecule has 16 heavy (non-hydrogen) atoms. The van der Waals surface area contributed by atoms with Crippen molar-refractivity contribution in [3.63, 3.8) is 0 Å². The van der Waals surface area contributed by atoms with Gasteiger partial charge in [0, 0.05) is 13.1 Å². The summed E-state index contributed by atoms with van der Waals surface area (Å²) in [6, 6.07) is -0.306. The van der Waals surface area contributed by atoms with Gasteiger partial charge in [0.15, 0.2) is 0 Å². The number of nitrogens with zero attached hydrogens (tertiary/aromatic N) is 1. The van der Waals surface area contributed by atoms with Crippen LogP contribution in [-0.4, -0.2) is 40.7 Å². The van der Waals surface area contributed by atoms with Crippen LogP contribution in [0.15, 0.2) is 0 Å². The van der Waals surface area contributed by atoms with Gasteiger partial charge < -0.3 is 10.2 Å². The number of hydrogen-bond acceptors (Lipinski definition) is 2. The van der Waals surface area contributed by atoms with Gasteiger partial charge in [0.2, 0.25) is 11.8 Å². The third-order valence-electron chi connectivity index (χ3n) is 2.82. The lowest BCUT2D eigenvalue weighted by Gasteiger charge is -2.36. The average molecular weight is 291 g/mol. The molecule has 1 fully saturated rings. The van der Waals surface area contributed by atoms with Crippen LogP contribution in [-0.2, 0) is 9.59 Å². The van der Waals surface area contributed by atoms with Gasteiger partial charge in [-0.2, -0.15) is 0 Å². The minimum atomic E-state index is -0.306. The number of amides is 2. The quantitative estimate of drug-likeness (QED) is 0.793. The van der Waals surface area contributed by atoms with Crippen LogP contribution in [0, 0.1) is 5.92 Å². The highest BCUT2D eigenvalue weighted by atomic mass is 79.9. The van der Waals surface area contributed by atoms with Gasteiger partial charge in [0.1, 0.15) is 6.04 Å². The van der Waals surface area contributed by atoms with Crippen molar-refractivity contribution >= 4 is 27.7 Å². The summed E-state index contributed by atoms with van der Waals surface area (Å²) in [5.74, 6) is 0.220. The fourth-order valence-electron chi connectivity index (χ4n) is 1.83. The highest BCUT2D eigenvalue weighted by Gasteiger charge is 2.34. The summed E-state index contributed by atoms with van der Waals surface area (Å²) < 4.78 is 0. The van der Waals surface area contributed by atoms with Gasteiger partial charge in [-0.25, -0.2) is 0 Å². The van der Waals surface area contributed by atoms with Gasteiger partial charge in [-0.3, -0.25) is 9.59 Å². The normalized spacial score (nSPS) is 23.2. The second kappa shape index (κ2) is 5.66. The van der Waals surface area contributed by atoms with Gasteiger partial charge in [-0.05, 0) is 12.3 Å². The summed E-state index contributed by atoms with van der Waals surface area (Å²) in [4.78, 5) is 25.3. The maximum atomic E-state index is 12.2. The Morgan fingerprint density at radius 3 is 2.75 bits per heavy atom. The molecular weight excluding hydrogens is 272 g/mol. The molecule has 0 aromatic carbocycles. The molecule has 0 bridgehead atoms. The van der Waals surface area contributed by atoms with Crippen LogP contribution >= 0.6 is 15.9 Å². The first kappa shape index (κ1) is 13.5. The van der Waals surface area contributed by atoms with E-state index in [1.165, 1.54) is 0 Å². The van der Waals surface area contributed by atoms with Crippen LogP contribution in [0.1, 0.15) is 27.2 Å². The van der Waals surface area contributed by atoms with E-state index >= 15 is 0 Å². The Kier molecular flexibility index (Phi) is 4.77. The molecule has 0 aliphatic carbocycles. The van der Waals surface area contributed by atoms with Crippen LogP contribution in [0.3, 0.4) is 0 Å². The molecule has 0 aromatic rings. The molecule has 1 rings (SSSR count). The smallest absolute Gasteiger partial charge is 0.242 e. The van der Waals surface area contributed by atoms with Crippen LogP contribution in [0.4, 0.5) is 0 Å². The average Bonchev–Trinajstić information content (AvgIpc) is 2.26. The minimum absolute atomic E-state index is 0.0247. The second-order valence-corrected chi connectivity index (χ2v) is 5.38. The van der Waals surface area contributed by atoms with Gasteiger partial charge in [-0.15, -0.1) is 0 Å². The van der Waals surface area contributed by atoms with E-state index in [0.717, 1.165) is 0 Å². The first-order chi connectivity index (χ1) is 7.49. The molecule has 0 radical (unpaired) electrons. The summed E-state index contributed by atoms with van der Waals surface area (Å²) in [5.41, 5.74) is 0. The Bertz CT molecular complexity index is 281. The highest BCUT2D eigenvalue weighted by Crippen LogP contribution is 2.19. The SMILES string of the molecule is CCC1C(=O)NCCN1C(=O)C(Br)C(C)C. The van der Waals surface area contributed by atoms with Crippen molar-refractivity contribution in [1.82, 2.24) is 10.2 Å². The fraction of sp³-hybridized carbons (Fsp3) is 0.818. The summed E-state index contributed by atoms with van der Waals surface area (Å²) >= 11 is 3.40. The number of rotatable bonds is 3. The largest absolute Gasteiger partial charge is 0.353 e. The Morgan fingerprint density at radius 1 is 1.62 bits per heavy atom. The molecule has 1 aliphatic rings. The first-order valence-corrected chi connectivity index (χ1v) is 6.62. The van der Waals surface area contributed by atoms with Crippen LogP contribution in [0.5, 0.6) is 0 Å². The predicted octanol–water partition coefficient (Wildman–Crippen LogP) is 1.14. The third-order valence-corrected chi connectivity index (χ3v) is 4.27. The maximum absolute atomic E-state index is 12.2. The number of carbonyl (C=O) groups excluding carboxylic acids is 2. The van der Waals surface area contributed by atoms with Crippen molar-refractivity contribution < 1.29 is 9.59 Å². The zero-order chi connectivity index (χ0) is 12.3. The summed E-state index contributed by atoms with van der Waals surface area (Å²) in [5, 5.41) is 2.79. The van der Waals surface area contributed by atoms with Gasteiger partial charge in [0.25, 0.3) is 0 Å². The molecule has 1 heterocycles. The molecule has 2 unspecified atom stereocenters. The van der Waals surface area contributed by atoms with Crippen LogP contribution in [0.25, 0.3) is 0 Å². The van der Waals surface area contributed by atoms with Crippen LogP contribution in [0.2, 0.25) is 0 Å². The van der Waals surface area contributed by atoms with Crippen molar-refractivity contribution in [2.75, 3.05) is 13.1 Å². The number of hydrogen-bond donors (Lipinski definition) is 1. The third kappa shape index (κ3) is 2.75. The van der Waals surface area contributed by atoms with Crippen molar-refractivity contribution in [3.8, 4) is 0 Å². The Morgan fingerprint density at radius 2 is 2.25 bits per heavy atom. The maximum Gasteiger partial charge on any atom is 0.242 e. The molecule has 0 saturated carbocycles. The van der Waals surface area contributed by atoms with E-state index < -0.39 is 0 Å². The van der Waals surface area contributed by atoms with E-state index in [9.17, 15) is 9.59 Å². The van der Waals surface area contributed by atoms with Crippen molar-refractivity contribution in [1.29, 1.82) is 0 Å². The fourth-order valence-corrected chi connectivity index (χ4v) is 2.09. The zero-order valence-corrected chi connectivity index (χ0v) is 11.6. The molecule has 1 saturated heterocycles. The van der Waals surface area contributed by atoms with E-state index in [-0.39, 0.29) is 28.6 Å². The lowest BCUT2D eigenvalue weighted by molar-refractivity contribution is -0.143. The van der Waals surface area contributed by atoms with Crippen molar-refractivity contribution in [2.24, 2.45) is 5.92 Å². The number of piperazine rings is 1. The summed E-state index contributed by atoms with van der Waals surface area (Å²) in [7, 11) is 0. The minimum Gasteiger partial charge on any atom is -0.353 e. The molecule has 2 atom stereocenters. The lowest BCUT2D eigenvalue weighted by atomic mass is 10.1. The zero-order valence-electron chi connectivity index (χ0n) is 10.00. The number of carbonyl (C=O) groups is 2. The van der Waals surface area contributed by atoms with E-state index in [0.29, 0.717) is 19.5 Å². The first-order valence-electron chi connectivity index (χ1n) is 5.71. The van der Waals surface area contributed by atoms with E-state index in [4.69, 9.17) is 0 Å². The topological polar surface area (TPSA) is 49.4 Å². The summed E-state index contributed by atoms with van der Waals surface area (Å²) in [6.45, 7) is 7.07. The number of alkyl halides is 1. The molecule has 5 heteroatoms. The van der Waals surface area contributed by atoms with Gasteiger partial charge >= 0.3 is 0 Å². The Hall–Kier alpha value is -0.580. The molecule has 1 N–H and O–H groups in total. The van der Waals surface area contributed by atoms with Gasteiger partial charge in [0.05, 0.1) is 4.83 Å². The van der Waals surface area contributed by atoms with E-state index in [1.807, 2.05) is 20.8 Å². The second-order valence-electron chi connectivity index (χ2n) is 4.39. The molecule has 2 amide bonds. The Labute approximate surface area is 105 Å². The molecule has 92 valence electrons. The van der Waals surface area contributed by atoms with Crippen molar-refractivity contribution in [2.45, 2.75) is 38.1 Å².